The largest absolute Gasteiger partial charge is 0.401 e. The van der Waals surface area contributed by atoms with Crippen molar-refractivity contribution in [3.8, 4) is 6.07 Å². The smallest absolute Gasteiger partial charge is 0.291 e. The molecule has 0 radical (unpaired) electrons. The lowest BCUT2D eigenvalue weighted by molar-refractivity contribution is -0.130. The Hall–Kier alpha value is -0.760. The predicted molar refractivity (Wildman–Crippen MR) is 63.8 cm³/mol. The summed E-state index contributed by atoms with van der Waals surface area (Å²) >= 11 is 0. The Bertz CT molecular complexity index is 325. The maximum Gasteiger partial charge on any atom is 0.401 e. The van der Waals surface area contributed by atoms with Crippen LogP contribution in [0.3, 0.4) is 0 Å². The molecule has 104 valence electrons. The van der Waals surface area contributed by atoms with Crippen molar-refractivity contribution in [2.45, 2.75) is 58.2 Å². The topological polar surface area (TPSA) is 35.8 Å². The normalized spacial score (nSPS) is 29.9. The molecule has 18 heavy (non-hydrogen) atoms. The highest BCUT2D eigenvalue weighted by molar-refractivity contribution is 5.15. The van der Waals surface area contributed by atoms with Crippen molar-refractivity contribution in [1.29, 1.82) is 5.26 Å². The third kappa shape index (κ3) is 3.61. The van der Waals surface area contributed by atoms with Crippen molar-refractivity contribution in [3.63, 3.8) is 0 Å². The van der Waals surface area contributed by atoms with Crippen LogP contribution in [-0.2, 0) is 0 Å². The molecular formula is C13H21F3N2. The highest BCUT2D eigenvalue weighted by Crippen LogP contribution is 2.44. The summed E-state index contributed by atoms with van der Waals surface area (Å²) < 4.78 is 37.1. The molecule has 0 aromatic carbocycles. The van der Waals surface area contributed by atoms with Crippen molar-refractivity contribution in [2.75, 3.05) is 6.54 Å². The summed E-state index contributed by atoms with van der Waals surface area (Å²) in [4.78, 5) is 0. The van der Waals surface area contributed by atoms with Gasteiger partial charge in [0.1, 0.15) is 5.54 Å². The van der Waals surface area contributed by atoms with Crippen LogP contribution in [0.1, 0.15) is 46.5 Å². The molecule has 0 spiro atoms. The lowest BCUT2D eigenvalue weighted by Crippen LogP contribution is -2.57. The van der Waals surface area contributed by atoms with Crippen molar-refractivity contribution < 1.29 is 13.2 Å². The maximum absolute atomic E-state index is 12.4. The van der Waals surface area contributed by atoms with Gasteiger partial charge in [-0.2, -0.15) is 18.4 Å². The highest BCUT2D eigenvalue weighted by atomic mass is 19.4. The number of hydrogen-bond donors (Lipinski definition) is 1. The first-order valence-corrected chi connectivity index (χ1v) is 6.34. The Morgan fingerprint density at radius 1 is 1.28 bits per heavy atom. The molecule has 0 aromatic rings. The SMILES string of the molecule is CC(C)(C)C1CCCCC1(C#N)NCC(F)(F)F. The second-order valence-corrected chi connectivity index (χ2v) is 6.22. The molecule has 0 amide bonds. The fraction of sp³-hybridized carbons (Fsp3) is 0.923. The first-order chi connectivity index (χ1) is 8.11. The van der Waals surface area contributed by atoms with Crippen LogP contribution in [0.4, 0.5) is 13.2 Å². The maximum atomic E-state index is 12.4. The zero-order chi connectivity index (χ0) is 14.0. The zero-order valence-electron chi connectivity index (χ0n) is 11.2. The molecule has 2 unspecified atom stereocenters. The van der Waals surface area contributed by atoms with E-state index in [4.69, 9.17) is 0 Å². The van der Waals surface area contributed by atoms with Gasteiger partial charge < -0.3 is 0 Å². The molecule has 1 aliphatic rings. The quantitative estimate of drug-likeness (QED) is 0.824. The zero-order valence-corrected chi connectivity index (χ0v) is 11.2. The Morgan fingerprint density at radius 3 is 2.33 bits per heavy atom. The molecule has 0 heterocycles. The van der Waals surface area contributed by atoms with Gasteiger partial charge in [0.05, 0.1) is 12.6 Å². The second-order valence-electron chi connectivity index (χ2n) is 6.22. The van der Waals surface area contributed by atoms with E-state index in [0.29, 0.717) is 6.42 Å². The molecule has 1 rings (SSSR count). The van der Waals surface area contributed by atoms with Crippen LogP contribution in [0.2, 0.25) is 0 Å². The monoisotopic (exact) mass is 262 g/mol. The van der Waals surface area contributed by atoms with Gasteiger partial charge in [-0.1, -0.05) is 33.6 Å². The van der Waals surface area contributed by atoms with Gasteiger partial charge in [-0.25, -0.2) is 0 Å². The van der Waals surface area contributed by atoms with Crippen LogP contribution in [0.15, 0.2) is 0 Å². The van der Waals surface area contributed by atoms with E-state index in [2.05, 4.69) is 11.4 Å². The summed E-state index contributed by atoms with van der Waals surface area (Å²) in [6.07, 6.45) is -1.17. The third-order valence-electron chi connectivity index (χ3n) is 3.76. The van der Waals surface area contributed by atoms with Crippen LogP contribution in [0.25, 0.3) is 0 Å². The average molecular weight is 262 g/mol. The average Bonchev–Trinajstić information content (AvgIpc) is 2.24. The van der Waals surface area contributed by atoms with Gasteiger partial charge in [-0.05, 0) is 24.2 Å². The van der Waals surface area contributed by atoms with E-state index in [-0.39, 0.29) is 11.3 Å². The standard InChI is InChI=1S/C13H21F3N2/c1-11(2,3)10-6-4-5-7-12(10,8-17)18-9-13(14,15)16/h10,18H,4-7,9H2,1-3H3. The molecule has 1 aliphatic carbocycles. The molecule has 5 heteroatoms. The minimum absolute atomic E-state index is 0.0499. The van der Waals surface area contributed by atoms with Crippen molar-refractivity contribution >= 4 is 0 Å². The van der Waals surface area contributed by atoms with Gasteiger partial charge in [-0.3, -0.25) is 5.32 Å². The van der Waals surface area contributed by atoms with E-state index in [0.717, 1.165) is 19.3 Å². The van der Waals surface area contributed by atoms with E-state index >= 15 is 0 Å². The fourth-order valence-corrected chi connectivity index (χ4v) is 2.99. The van der Waals surface area contributed by atoms with Crippen LogP contribution in [0, 0.1) is 22.7 Å². The molecule has 0 aliphatic heterocycles. The minimum atomic E-state index is -4.27. The highest BCUT2D eigenvalue weighted by Gasteiger charge is 2.47. The number of halogens is 3. The number of alkyl halides is 3. The van der Waals surface area contributed by atoms with E-state index in [1.807, 2.05) is 20.8 Å². The molecule has 2 atom stereocenters. The van der Waals surface area contributed by atoms with Gasteiger partial charge in [0.2, 0.25) is 0 Å². The summed E-state index contributed by atoms with van der Waals surface area (Å²) in [5, 5.41) is 11.9. The Labute approximate surface area is 107 Å². The molecule has 0 aromatic heterocycles. The molecule has 1 saturated carbocycles. The van der Waals surface area contributed by atoms with Crippen molar-refractivity contribution in [3.05, 3.63) is 0 Å². The van der Waals surface area contributed by atoms with E-state index in [1.165, 1.54) is 0 Å². The number of nitrogens with one attached hydrogen (secondary N) is 1. The van der Waals surface area contributed by atoms with E-state index < -0.39 is 18.3 Å². The van der Waals surface area contributed by atoms with Crippen molar-refractivity contribution in [2.24, 2.45) is 11.3 Å². The molecule has 0 saturated heterocycles. The van der Waals surface area contributed by atoms with E-state index in [9.17, 15) is 18.4 Å². The third-order valence-corrected chi connectivity index (χ3v) is 3.76. The summed E-state index contributed by atoms with van der Waals surface area (Å²) in [7, 11) is 0. The Kier molecular flexibility index (Phi) is 4.32. The van der Waals surface area contributed by atoms with Gasteiger partial charge in [0, 0.05) is 0 Å². The van der Waals surface area contributed by atoms with Crippen LogP contribution < -0.4 is 5.32 Å². The summed E-state index contributed by atoms with van der Waals surface area (Å²) in [6, 6.07) is 2.14. The number of hydrogen-bond acceptors (Lipinski definition) is 2. The van der Waals surface area contributed by atoms with Crippen LogP contribution in [0.5, 0.6) is 0 Å². The summed E-state index contributed by atoms with van der Waals surface area (Å²) in [6.45, 7) is 4.88. The first kappa shape index (κ1) is 15.3. The summed E-state index contributed by atoms with van der Waals surface area (Å²) in [5.74, 6) is -0.0499. The minimum Gasteiger partial charge on any atom is -0.291 e. The first-order valence-electron chi connectivity index (χ1n) is 6.34. The molecule has 1 N–H and O–H groups in total. The lowest BCUT2D eigenvalue weighted by atomic mass is 9.62. The Balaban J connectivity index is 2.91. The van der Waals surface area contributed by atoms with Gasteiger partial charge in [0.15, 0.2) is 0 Å². The van der Waals surface area contributed by atoms with Gasteiger partial charge in [-0.15, -0.1) is 0 Å². The fourth-order valence-electron chi connectivity index (χ4n) is 2.99. The van der Waals surface area contributed by atoms with Crippen molar-refractivity contribution in [1.82, 2.24) is 5.32 Å². The van der Waals surface area contributed by atoms with Gasteiger partial charge >= 0.3 is 6.18 Å². The number of rotatable bonds is 2. The van der Waals surface area contributed by atoms with Crippen LogP contribution >= 0.6 is 0 Å². The molecular weight excluding hydrogens is 241 g/mol. The molecule has 2 nitrogen and oxygen atoms in total. The molecule has 1 fully saturated rings. The number of nitrogens with zero attached hydrogens (tertiary/aromatic N) is 1. The second kappa shape index (κ2) is 5.08. The predicted octanol–water partition coefficient (Wildman–Crippen LogP) is 3.64. The van der Waals surface area contributed by atoms with E-state index in [1.54, 1.807) is 0 Å². The van der Waals surface area contributed by atoms with Gasteiger partial charge in [0.25, 0.3) is 0 Å². The summed E-state index contributed by atoms with van der Waals surface area (Å²) in [5.41, 5.74) is -1.21. The molecule has 0 bridgehead atoms. The Morgan fingerprint density at radius 2 is 1.89 bits per heavy atom. The van der Waals surface area contributed by atoms with Crippen LogP contribution in [-0.4, -0.2) is 18.3 Å². The lowest BCUT2D eigenvalue weighted by Gasteiger charge is -2.46. The number of nitriles is 1.